The minimum Gasteiger partial charge on any atom is -0.319 e. The van der Waals surface area contributed by atoms with E-state index in [0.717, 1.165) is 62.7 Å². The fourth-order valence-electron chi connectivity index (χ4n) is 4.04. The van der Waals surface area contributed by atoms with Gasteiger partial charge in [0.1, 0.15) is 0 Å². The highest BCUT2D eigenvalue weighted by molar-refractivity contribution is 7.91. The van der Waals surface area contributed by atoms with Crippen LogP contribution in [0.5, 0.6) is 0 Å². The van der Waals surface area contributed by atoms with Crippen LogP contribution in [0.2, 0.25) is 0 Å². The number of anilines is 1. The van der Waals surface area contributed by atoms with E-state index in [-0.39, 0.29) is 27.6 Å². The van der Waals surface area contributed by atoms with Crippen LogP contribution < -0.4 is 10.5 Å². The summed E-state index contributed by atoms with van der Waals surface area (Å²) in [6, 6.07) is 0.279. The summed E-state index contributed by atoms with van der Waals surface area (Å²) in [6.07, 6.45) is 9.87. The van der Waals surface area contributed by atoms with Gasteiger partial charge in [0, 0.05) is 12.1 Å². The van der Waals surface area contributed by atoms with E-state index in [0.29, 0.717) is 5.92 Å². The lowest BCUT2D eigenvalue weighted by Crippen LogP contribution is -2.51. The largest absolute Gasteiger partial charge is 0.324 e. The van der Waals surface area contributed by atoms with Crippen LogP contribution in [-0.4, -0.2) is 41.6 Å². The number of sulfonamides is 1. The van der Waals surface area contributed by atoms with Gasteiger partial charge in [-0.3, -0.25) is 5.32 Å². The number of nitrogens with one attached hydrogen (secondary N) is 1. The SMILES string of the molecule is CC1CCC(N(C(=O)Nc2nnc(S(N)(=O)=O)s2)C2CCCCC2)CC1. The summed E-state index contributed by atoms with van der Waals surface area (Å²) in [7, 11) is -3.91. The second-order valence-electron chi connectivity index (χ2n) is 7.46. The molecule has 0 aromatic carbocycles. The molecule has 1 heterocycles. The van der Waals surface area contributed by atoms with E-state index in [4.69, 9.17) is 5.14 Å². The Bertz CT molecular complexity index is 722. The molecule has 10 heteroatoms. The lowest BCUT2D eigenvalue weighted by molar-refractivity contribution is 0.105. The Kier molecular flexibility index (Phi) is 6.13. The third-order valence-electron chi connectivity index (χ3n) is 5.45. The first-order chi connectivity index (χ1) is 12.3. The molecule has 1 aromatic rings. The summed E-state index contributed by atoms with van der Waals surface area (Å²) < 4.78 is 22.4. The number of rotatable bonds is 4. The van der Waals surface area contributed by atoms with E-state index >= 15 is 0 Å². The van der Waals surface area contributed by atoms with Crippen molar-refractivity contribution >= 4 is 32.5 Å². The lowest BCUT2D eigenvalue weighted by atomic mass is 9.84. The molecule has 26 heavy (non-hydrogen) atoms. The molecule has 2 amide bonds. The van der Waals surface area contributed by atoms with Gasteiger partial charge in [0.2, 0.25) is 9.47 Å². The van der Waals surface area contributed by atoms with E-state index in [1.807, 2.05) is 4.90 Å². The lowest BCUT2D eigenvalue weighted by Gasteiger charge is -2.42. The minimum absolute atomic E-state index is 0.170. The molecule has 8 nitrogen and oxygen atoms in total. The van der Waals surface area contributed by atoms with Crippen molar-refractivity contribution in [1.82, 2.24) is 15.1 Å². The third kappa shape index (κ3) is 4.72. The zero-order chi connectivity index (χ0) is 18.7. The van der Waals surface area contributed by atoms with Crippen molar-refractivity contribution in [3.8, 4) is 0 Å². The van der Waals surface area contributed by atoms with Crippen LogP contribution in [0.4, 0.5) is 9.93 Å². The van der Waals surface area contributed by atoms with E-state index in [2.05, 4.69) is 22.4 Å². The summed E-state index contributed by atoms with van der Waals surface area (Å²) in [4.78, 5) is 15.0. The molecular formula is C16H27N5O3S2. The topological polar surface area (TPSA) is 118 Å². The van der Waals surface area contributed by atoms with Gasteiger partial charge in [0.05, 0.1) is 0 Å². The summed E-state index contributed by atoms with van der Waals surface area (Å²) in [5.41, 5.74) is 0. The highest BCUT2D eigenvalue weighted by Crippen LogP contribution is 2.33. The maximum Gasteiger partial charge on any atom is 0.324 e. The fraction of sp³-hybridized carbons (Fsp3) is 0.812. The molecule has 3 rings (SSSR count). The maximum atomic E-state index is 13.0. The Morgan fingerprint density at radius 1 is 1.08 bits per heavy atom. The summed E-state index contributed by atoms with van der Waals surface area (Å²) in [6.45, 7) is 2.26. The number of primary sulfonamides is 1. The number of amides is 2. The quantitative estimate of drug-likeness (QED) is 0.752. The first-order valence-corrected chi connectivity index (χ1v) is 11.7. The molecule has 0 atom stereocenters. The van der Waals surface area contributed by atoms with Crippen molar-refractivity contribution in [2.45, 2.75) is 81.1 Å². The molecule has 0 unspecified atom stereocenters. The number of carbonyl (C=O) groups is 1. The molecule has 146 valence electrons. The highest BCUT2D eigenvalue weighted by Gasteiger charge is 2.34. The van der Waals surface area contributed by atoms with Crippen LogP contribution >= 0.6 is 11.3 Å². The van der Waals surface area contributed by atoms with Crippen LogP contribution in [0.25, 0.3) is 0 Å². The van der Waals surface area contributed by atoms with Gasteiger partial charge < -0.3 is 4.90 Å². The monoisotopic (exact) mass is 401 g/mol. The summed E-state index contributed by atoms with van der Waals surface area (Å²) in [5.74, 6) is 0.711. The van der Waals surface area contributed by atoms with Gasteiger partial charge in [-0.25, -0.2) is 18.4 Å². The van der Waals surface area contributed by atoms with Crippen LogP contribution in [-0.2, 0) is 10.0 Å². The summed E-state index contributed by atoms with van der Waals surface area (Å²) in [5, 5.41) is 15.3. The number of hydrogen-bond acceptors (Lipinski definition) is 6. The smallest absolute Gasteiger partial charge is 0.319 e. The molecule has 2 aliphatic rings. The Morgan fingerprint density at radius 2 is 1.69 bits per heavy atom. The Hall–Kier alpha value is -1.26. The zero-order valence-corrected chi connectivity index (χ0v) is 16.7. The number of nitrogens with zero attached hydrogens (tertiary/aromatic N) is 3. The van der Waals surface area contributed by atoms with Gasteiger partial charge in [-0.2, -0.15) is 0 Å². The van der Waals surface area contributed by atoms with Gasteiger partial charge in [-0.05, 0) is 44.4 Å². The Morgan fingerprint density at radius 3 is 2.27 bits per heavy atom. The molecule has 0 aliphatic heterocycles. The maximum absolute atomic E-state index is 13.0. The van der Waals surface area contributed by atoms with Crippen LogP contribution in [0.3, 0.4) is 0 Å². The van der Waals surface area contributed by atoms with Crippen molar-refractivity contribution in [3.63, 3.8) is 0 Å². The second-order valence-corrected chi connectivity index (χ2v) is 10.2. The third-order valence-corrected chi connectivity index (χ3v) is 7.59. The minimum atomic E-state index is -3.91. The molecule has 3 N–H and O–H groups in total. The molecule has 0 saturated heterocycles. The van der Waals surface area contributed by atoms with Crippen LogP contribution in [0.1, 0.15) is 64.7 Å². The number of urea groups is 1. The Labute approximate surface area is 158 Å². The molecule has 2 fully saturated rings. The van der Waals surface area contributed by atoms with E-state index in [1.54, 1.807) is 0 Å². The van der Waals surface area contributed by atoms with Gasteiger partial charge in [0.15, 0.2) is 0 Å². The van der Waals surface area contributed by atoms with E-state index in [9.17, 15) is 13.2 Å². The molecular weight excluding hydrogens is 374 g/mol. The summed E-state index contributed by atoms with van der Waals surface area (Å²) >= 11 is 0.785. The predicted octanol–water partition coefficient (Wildman–Crippen LogP) is 2.93. The van der Waals surface area contributed by atoms with E-state index in [1.165, 1.54) is 6.42 Å². The van der Waals surface area contributed by atoms with Gasteiger partial charge in [-0.1, -0.05) is 37.5 Å². The average molecular weight is 402 g/mol. The van der Waals surface area contributed by atoms with Crippen molar-refractivity contribution < 1.29 is 13.2 Å². The van der Waals surface area contributed by atoms with Gasteiger partial charge >= 0.3 is 6.03 Å². The highest BCUT2D eigenvalue weighted by atomic mass is 32.2. The van der Waals surface area contributed by atoms with Crippen LogP contribution in [0, 0.1) is 5.92 Å². The van der Waals surface area contributed by atoms with Crippen molar-refractivity contribution in [2.75, 3.05) is 5.32 Å². The first kappa shape index (κ1) is 19.5. The molecule has 0 spiro atoms. The average Bonchev–Trinajstić information content (AvgIpc) is 3.07. The van der Waals surface area contributed by atoms with Crippen LogP contribution in [0.15, 0.2) is 4.34 Å². The molecule has 2 aliphatic carbocycles. The van der Waals surface area contributed by atoms with Gasteiger partial charge in [-0.15, -0.1) is 10.2 Å². The first-order valence-electron chi connectivity index (χ1n) is 9.30. The predicted molar refractivity (Wildman–Crippen MR) is 100 cm³/mol. The second kappa shape index (κ2) is 8.18. The number of hydrogen-bond donors (Lipinski definition) is 2. The Balaban J connectivity index is 1.74. The van der Waals surface area contributed by atoms with Crippen molar-refractivity contribution in [2.24, 2.45) is 11.1 Å². The van der Waals surface area contributed by atoms with Gasteiger partial charge in [0.25, 0.3) is 10.0 Å². The number of carbonyl (C=O) groups excluding carboxylic acids is 1. The number of nitrogens with two attached hydrogens (primary N) is 1. The fourth-order valence-corrected chi connectivity index (χ4v) is 5.36. The zero-order valence-electron chi connectivity index (χ0n) is 15.1. The molecule has 1 aromatic heterocycles. The molecule has 0 radical (unpaired) electrons. The standard InChI is InChI=1S/C16H27N5O3S2/c1-11-7-9-13(10-8-11)21(12-5-3-2-4-6-12)15(22)18-14-19-20-16(25-14)26(17,23)24/h11-13H,2-10H2,1H3,(H2,17,23,24)(H,18,19,22). The van der Waals surface area contributed by atoms with E-state index < -0.39 is 10.0 Å². The number of aromatic nitrogens is 2. The molecule has 0 bridgehead atoms. The van der Waals surface area contributed by atoms with Crippen molar-refractivity contribution in [3.05, 3.63) is 0 Å². The normalized spacial score (nSPS) is 25.0. The van der Waals surface area contributed by atoms with Crippen molar-refractivity contribution in [1.29, 1.82) is 0 Å². The molecule has 2 saturated carbocycles.